The Labute approximate surface area is 183 Å². The van der Waals surface area contributed by atoms with E-state index in [1.54, 1.807) is 18.2 Å². The Morgan fingerprint density at radius 3 is 2.42 bits per heavy atom. The number of fused-ring (bicyclic) bond motifs is 2. The fourth-order valence-corrected chi connectivity index (χ4v) is 5.52. The van der Waals surface area contributed by atoms with Gasteiger partial charge in [0.05, 0.1) is 16.8 Å². The minimum Gasteiger partial charge on any atom is -0.338 e. The number of anilines is 1. The zero-order valence-corrected chi connectivity index (χ0v) is 18.2. The van der Waals surface area contributed by atoms with Gasteiger partial charge in [0.15, 0.2) is 0 Å². The predicted octanol–water partition coefficient (Wildman–Crippen LogP) is 4.76. The number of hydrogen-bond acceptors (Lipinski definition) is 3. The minimum atomic E-state index is -0.352. The molecule has 0 unspecified atom stereocenters. The van der Waals surface area contributed by atoms with Crippen molar-refractivity contribution in [3.05, 3.63) is 64.2 Å². The lowest BCUT2D eigenvalue weighted by molar-refractivity contribution is 0.0520. The van der Waals surface area contributed by atoms with Crippen LogP contribution in [0.4, 0.5) is 5.69 Å². The van der Waals surface area contributed by atoms with Crippen LogP contribution < -0.4 is 4.90 Å². The second-order valence-electron chi connectivity index (χ2n) is 9.34. The van der Waals surface area contributed by atoms with Crippen LogP contribution >= 0.6 is 0 Å². The number of likely N-dealkylation sites (tertiary alicyclic amines) is 1. The lowest BCUT2D eigenvalue weighted by atomic mass is 9.75. The number of imide groups is 1. The van der Waals surface area contributed by atoms with Crippen molar-refractivity contribution < 1.29 is 14.4 Å². The summed E-state index contributed by atoms with van der Waals surface area (Å²) in [5.41, 5.74) is 3.65. The summed E-state index contributed by atoms with van der Waals surface area (Å²) in [5.74, 6) is 0.648. The van der Waals surface area contributed by atoms with Gasteiger partial charge in [-0.1, -0.05) is 31.4 Å². The molecule has 2 aromatic carbocycles. The van der Waals surface area contributed by atoms with Gasteiger partial charge >= 0.3 is 0 Å². The monoisotopic (exact) mass is 416 g/mol. The number of rotatable bonds is 2. The number of carbonyl (C=O) groups is 3. The van der Waals surface area contributed by atoms with Crippen molar-refractivity contribution >= 4 is 23.4 Å². The highest BCUT2D eigenvalue weighted by atomic mass is 16.2. The average molecular weight is 417 g/mol. The van der Waals surface area contributed by atoms with Crippen molar-refractivity contribution in [3.8, 4) is 0 Å². The maximum Gasteiger partial charge on any atom is 0.266 e. The van der Waals surface area contributed by atoms with E-state index >= 15 is 0 Å². The van der Waals surface area contributed by atoms with Crippen LogP contribution in [-0.4, -0.2) is 35.7 Å². The first-order valence-corrected chi connectivity index (χ1v) is 11.3. The summed E-state index contributed by atoms with van der Waals surface area (Å²) in [6.07, 6.45) is 6.13. The highest BCUT2D eigenvalue weighted by molar-refractivity contribution is 6.35. The van der Waals surface area contributed by atoms with Crippen LogP contribution in [0.1, 0.15) is 74.3 Å². The molecule has 2 aliphatic heterocycles. The number of benzene rings is 2. The number of carbonyl (C=O) groups excluding carboxylic acids is 3. The molecule has 5 heteroatoms. The largest absolute Gasteiger partial charge is 0.338 e. The second-order valence-corrected chi connectivity index (χ2v) is 9.34. The number of piperidine rings is 1. The van der Waals surface area contributed by atoms with E-state index in [0.29, 0.717) is 28.3 Å². The van der Waals surface area contributed by atoms with Gasteiger partial charge in [-0.25, -0.2) is 4.90 Å². The third-order valence-electron chi connectivity index (χ3n) is 7.32. The molecule has 0 spiro atoms. The quantitative estimate of drug-likeness (QED) is 0.664. The van der Waals surface area contributed by atoms with E-state index in [2.05, 4.69) is 0 Å². The Bertz CT molecular complexity index is 1090. The van der Waals surface area contributed by atoms with Crippen LogP contribution in [0.25, 0.3) is 0 Å². The smallest absolute Gasteiger partial charge is 0.266 e. The van der Waals surface area contributed by atoms with Crippen LogP contribution in [0.15, 0.2) is 36.4 Å². The number of hydrogen-bond donors (Lipinski definition) is 0. The van der Waals surface area contributed by atoms with Crippen molar-refractivity contribution in [2.75, 3.05) is 18.0 Å². The number of amides is 3. The summed E-state index contributed by atoms with van der Waals surface area (Å²) in [5, 5.41) is 0. The molecule has 5 rings (SSSR count). The van der Waals surface area contributed by atoms with Gasteiger partial charge < -0.3 is 4.90 Å². The zero-order valence-electron chi connectivity index (χ0n) is 18.2. The van der Waals surface area contributed by atoms with Gasteiger partial charge in [0.2, 0.25) is 0 Å². The minimum absolute atomic E-state index is 0.0303. The third kappa shape index (κ3) is 3.36. The molecule has 2 atom stereocenters. The average Bonchev–Trinajstić information content (AvgIpc) is 3.04. The summed E-state index contributed by atoms with van der Waals surface area (Å²) in [6, 6.07) is 10.7. The normalized spacial score (nSPS) is 23.0. The van der Waals surface area contributed by atoms with Gasteiger partial charge in [-0.3, -0.25) is 14.4 Å². The summed E-state index contributed by atoms with van der Waals surface area (Å²) < 4.78 is 0. The van der Waals surface area contributed by atoms with Gasteiger partial charge in [-0.15, -0.1) is 0 Å². The van der Waals surface area contributed by atoms with E-state index in [0.717, 1.165) is 36.6 Å². The molecule has 5 nitrogen and oxygen atoms in total. The molecule has 1 saturated heterocycles. The van der Waals surface area contributed by atoms with Crippen molar-refractivity contribution in [1.82, 2.24) is 4.90 Å². The fraction of sp³-hybridized carbons (Fsp3) is 0.423. The lowest BCUT2D eigenvalue weighted by Crippen LogP contribution is -2.44. The molecular formula is C26H28N2O3. The van der Waals surface area contributed by atoms with E-state index in [4.69, 9.17) is 0 Å². The SMILES string of the molecule is Cc1ccc(C)c(N2C(=O)c3ccc(C(=O)N4CC[C@H]5CCCC[C@H]5C4)cc3C2=O)c1. The molecule has 1 saturated carbocycles. The van der Waals surface area contributed by atoms with Gasteiger partial charge in [0.25, 0.3) is 17.7 Å². The Balaban J connectivity index is 1.41. The third-order valence-corrected chi connectivity index (χ3v) is 7.32. The van der Waals surface area contributed by atoms with Crippen molar-refractivity contribution in [2.45, 2.75) is 46.0 Å². The molecule has 160 valence electrons. The van der Waals surface area contributed by atoms with E-state index in [1.165, 1.54) is 30.6 Å². The van der Waals surface area contributed by atoms with E-state index in [-0.39, 0.29) is 17.7 Å². The molecule has 0 aromatic heterocycles. The second kappa shape index (κ2) is 7.63. The van der Waals surface area contributed by atoms with E-state index in [9.17, 15) is 14.4 Å². The molecule has 1 aliphatic carbocycles. The summed E-state index contributed by atoms with van der Waals surface area (Å²) >= 11 is 0. The molecule has 0 N–H and O–H groups in total. The van der Waals surface area contributed by atoms with Gasteiger partial charge in [-0.05, 0) is 73.9 Å². The first-order valence-electron chi connectivity index (χ1n) is 11.3. The van der Waals surface area contributed by atoms with Crippen LogP contribution in [0.2, 0.25) is 0 Å². The Morgan fingerprint density at radius 1 is 0.871 bits per heavy atom. The van der Waals surface area contributed by atoms with E-state index in [1.807, 2.05) is 36.9 Å². The molecule has 0 radical (unpaired) electrons. The molecule has 2 fully saturated rings. The van der Waals surface area contributed by atoms with E-state index < -0.39 is 0 Å². The lowest BCUT2D eigenvalue weighted by Gasteiger charge is -2.41. The molecular weight excluding hydrogens is 388 g/mol. The summed E-state index contributed by atoms with van der Waals surface area (Å²) in [6.45, 7) is 5.41. The van der Waals surface area contributed by atoms with Crippen LogP contribution in [-0.2, 0) is 0 Å². The van der Waals surface area contributed by atoms with Gasteiger partial charge in [0, 0.05) is 18.7 Å². The van der Waals surface area contributed by atoms with Gasteiger partial charge in [0.1, 0.15) is 0 Å². The maximum atomic E-state index is 13.2. The molecule has 2 aromatic rings. The van der Waals surface area contributed by atoms with Crippen molar-refractivity contribution in [3.63, 3.8) is 0 Å². The Morgan fingerprint density at radius 2 is 1.61 bits per heavy atom. The maximum absolute atomic E-state index is 13.2. The standard InChI is InChI=1S/C26H28N2O3/c1-16-7-8-17(2)23(13-16)28-25(30)21-10-9-19(14-22(21)26(28)31)24(29)27-12-11-18-5-3-4-6-20(18)15-27/h7-10,13-14,18,20H,3-6,11-12,15H2,1-2H3/t18-,20+/m1/s1. The summed E-state index contributed by atoms with van der Waals surface area (Å²) in [4.78, 5) is 42.6. The van der Waals surface area contributed by atoms with Crippen molar-refractivity contribution in [1.29, 1.82) is 0 Å². The van der Waals surface area contributed by atoms with Crippen LogP contribution in [0, 0.1) is 25.7 Å². The predicted molar refractivity (Wildman–Crippen MR) is 119 cm³/mol. The highest BCUT2D eigenvalue weighted by Gasteiger charge is 2.39. The van der Waals surface area contributed by atoms with Crippen LogP contribution in [0.5, 0.6) is 0 Å². The number of aryl methyl sites for hydroxylation is 2. The Kier molecular flexibility index (Phi) is 4.92. The summed E-state index contributed by atoms with van der Waals surface area (Å²) in [7, 11) is 0. The molecule has 31 heavy (non-hydrogen) atoms. The zero-order chi connectivity index (χ0) is 21.7. The first kappa shape index (κ1) is 20.0. The number of nitrogens with zero attached hydrogens (tertiary/aromatic N) is 2. The van der Waals surface area contributed by atoms with Gasteiger partial charge in [-0.2, -0.15) is 0 Å². The molecule has 3 amide bonds. The first-order chi connectivity index (χ1) is 14.9. The topological polar surface area (TPSA) is 57.7 Å². The fourth-order valence-electron chi connectivity index (χ4n) is 5.52. The highest BCUT2D eigenvalue weighted by Crippen LogP contribution is 2.37. The molecule has 2 heterocycles. The molecule has 3 aliphatic rings. The Hall–Kier alpha value is -2.95. The molecule has 0 bridgehead atoms. The van der Waals surface area contributed by atoms with Crippen LogP contribution in [0.3, 0.4) is 0 Å². The van der Waals surface area contributed by atoms with Crippen molar-refractivity contribution in [2.24, 2.45) is 11.8 Å².